The van der Waals surface area contributed by atoms with Gasteiger partial charge in [0.15, 0.2) is 0 Å². The van der Waals surface area contributed by atoms with E-state index in [1.165, 1.54) is 0 Å². The Morgan fingerprint density at radius 3 is 1.43 bits per heavy atom. The molecular weight excluding hydrogens is 109 g/mol. The molecular formula is C3H3F3O. The van der Waals surface area contributed by atoms with Gasteiger partial charge in [-0.05, 0) is 0 Å². The van der Waals surface area contributed by atoms with E-state index in [-0.39, 0.29) is 0 Å². The van der Waals surface area contributed by atoms with Gasteiger partial charge in [0.1, 0.15) is 0 Å². The lowest BCUT2D eigenvalue weighted by molar-refractivity contribution is -0.294. The Hall–Kier alpha value is -0.250. The highest BCUT2D eigenvalue weighted by atomic mass is 19.2. The first kappa shape index (κ1) is 4.90. The molecule has 1 rings (SSSR count). The van der Waals surface area contributed by atoms with Crippen molar-refractivity contribution in [2.45, 2.75) is 18.9 Å². The van der Waals surface area contributed by atoms with Gasteiger partial charge in [0, 0.05) is 0 Å². The van der Waals surface area contributed by atoms with Crippen LogP contribution in [0.25, 0.3) is 0 Å². The summed E-state index contributed by atoms with van der Waals surface area (Å²) in [7, 11) is 0. The summed E-state index contributed by atoms with van der Waals surface area (Å²) in [6.07, 6.45) is -6.12. The number of halogens is 3. The van der Waals surface area contributed by atoms with Gasteiger partial charge in [-0.3, -0.25) is 0 Å². The van der Waals surface area contributed by atoms with Crippen LogP contribution in [-0.2, 0) is 4.74 Å². The van der Waals surface area contributed by atoms with Crippen LogP contribution in [0.4, 0.5) is 13.2 Å². The summed E-state index contributed by atoms with van der Waals surface area (Å²) >= 11 is 0. The van der Waals surface area contributed by atoms with Crippen molar-refractivity contribution in [1.29, 1.82) is 0 Å². The van der Waals surface area contributed by atoms with Crippen LogP contribution in [0.3, 0.4) is 0 Å². The molecule has 2 unspecified atom stereocenters. The van der Waals surface area contributed by atoms with Gasteiger partial charge in [-0.1, -0.05) is 0 Å². The largest absolute Gasteiger partial charge is 0.308 e. The third-order valence-electron chi connectivity index (χ3n) is 0.761. The fourth-order valence-electron chi connectivity index (χ4n) is 0.304. The molecule has 7 heavy (non-hydrogen) atoms. The highest BCUT2D eigenvalue weighted by Gasteiger charge is 2.43. The minimum absolute atomic E-state index is 2.03. The Morgan fingerprint density at radius 1 is 1.00 bits per heavy atom. The Bertz CT molecular complexity index is 68.6. The second-order valence-corrected chi connectivity index (χ2v) is 1.28. The number of ether oxygens (including phenoxy) is 1. The quantitative estimate of drug-likeness (QED) is 0.453. The molecule has 0 spiro atoms. The average Bonchev–Trinajstić information content (AvgIpc) is 1.68. The van der Waals surface area contributed by atoms with Crippen LogP contribution >= 0.6 is 0 Å². The van der Waals surface area contributed by atoms with E-state index in [0.717, 1.165) is 0 Å². The zero-order chi connectivity index (χ0) is 5.44. The maximum atomic E-state index is 11.4. The first-order valence-electron chi connectivity index (χ1n) is 1.79. The lowest BCUT2D eigenvalue weighted by Gasteiger charge is -2.27. The number of hydrogen-bond acceptors (Lipinski definition) is 1. The summed E-state index contributed by atoms with van der Waals surface area (Å²) in [5.74, 6) is 0. The highest BCUT2D eigenvalue weighted by molar-refractivity contribution is 4.73. The standard InChI is InChI=1S/C3H3F3O/c4-1-2(5)7-3(1)6/h1-3H. The Balaban J connectivity index is 2.29. The van der Waals surface area contributed by atoms with E-state index in [1.807, 2.05) is 0 Å². The second-order valence-electron chi connectivity index (χ2n) is 1.28. The molecule has 0 aromatic heterocycles. The predicted octanol–water partition coefficient (Wildman–Crippen LogP) is 0.946. The van der Waals surface area contributed by atoms with E-state index in [9.17, 15) is 13.2 Å². The van der Waals surface area contributed by atoms with Crippen LogP contribution < -0.4 is 0 Å². The minimum atomic E-state index is -2.06. The maximum absolute atomic E-state index is 11.4. The summed E-state index contributed by atoms with van der Waals surface area (Å²) < 4.78 is 37.6. The van der Waals surface area contributed by atoms with Crippen molar-refractivity contribution in [3.8, 4) is 0 Å². The normalized spacial score (nSPS) is 51.0. The number of hydrogen-bond donors (Lipinski definition) is 0. The predicted molar refractivity (Wildman–Crippen MR) is 15.8 cm³/mol. The molecule has 42 valence electrons. The molecule has 0 aliphatic carbocycles. The fourth-order valence-corrected chi connectivity index (χ4v) is 0.304. The van der Waals surface area contributed by atoms with E-state index in [2.05, 4.69) is 4.74 Å². The van der Waals surface area contributed by atoms with E-state index in [1.54, 1.807) is 0 Å². The molecule has 2 atom stereocenters. The zero-order valence-corrected chi connectivity index (χ0v) is 3.27. The monoisotopic (exact) mass is 112 g/mol. The van der Waals surface area contributed by atoms with Gasteiger partial charge < -0.3 is 4.74 Å². The molecule has 4 heteroatoms. The van der Waals surface area contributed by atoms with Gasteiger partial charge in [0.25, 0.3) is 0 Å². The summed E-state index contributed by atoms with van der Waals surface area (Å²) in [5, 5.41) is 0. The Morgan fingerprint density at radius 2 is 1.43 bits per heavy atom. The number of alkyl halides is 3. The number of rotatable bonds is 0. The molecule has 0 radical (unpaired) electrons. The Kier molecular flexibility index (Phi) is 0.955. The maximum Gasteiger partial charge on any atom is 0.238 e. The molecule has 0 N–H and O–H groups in total. The second kappa shape index (κ2) is 1.36. The van der Waals surface area contributed by atoms with Gasteiger partial charge in [-0.2, -0.15) is 0 Å². The Labute approximate surface area is 38.1 Å². The SMILES string of the molecule is FC1OC(F)C1F. The van der Waals surface area contributed by atoms with Gasteiger partial charge in [-0.15, -0.1) is 0 Å². The average molecular weight is 112 g/mol. The highest BCUT2D eigenvalue weighted by Crippen LogP contribution is 2.25. The van der Waals surface area contributed by atoms with Crippen molar-refractivity contribution < 1.29 is 17.9 Å². The third kappa shape index (κ3) is 0.586. The summed E-state index contributed by atoms with van der Waals surface area (Å²) in [6, 6.07) is 0. The first-order chi connectivity index (χ1) is 3.22. The molecule has 1 saturated heterocycles. The van der Waals surface area contributed by atoms with Crippen molar-refractivity contribution in [3.63, 3.8) is 0 Å². The van der Waals surface area contributed by atoms with Crippen LogP contribution in [-0.4, -0.2) is 18.9 Å². The first-order valence-corrected chi connectivity index (χ1v) is 1.79. The summed E-state index contributed by atoms with van der Waals surface area (Å²) in [5.41, 5.74) is 0. The van der Waals surface area contributed by atoms with Gasteiger partial charge in [0.05, 0.1) is 0 Å². The molecule has 0 amide bonds. The van der Waals surface area contributed by atoms with Gasteiger partial charge >= 0.3 is 0 Å². The van der Waals surface area contributed by atoms with E-state index in [4.69, 9.17) is 0 Å². The minimum Gasteiger partial charge on any atom is -0.308 e. The zero-order valence-electron chi connectivity index (χ0n) is 3.27. The lowest BCUT2D eigenvalue weighted by Crippen LogP contribution is -2.45. The van der Waals surface area contributed by atoms with E-state index in [0.29, 0.717) is 0 Å². The molecule has 0 bridgehead atoms. The van der Waals surface area contributed by atoms with E-state index >= 15 is 0 Å². The molecule has 1 heterocycles. The third-order valence-corrected chi connectivity index (χ3v) is 0.761. The van der Waals surface area contributed by atoms with Crippen molar-refractivity contribution in [3.05, 3.63) is 0 Å². The molecule has 0 aromatic rings. The lowest BCUT2D eigenvalue weighted by atomic mass is 10.3. The van der Waals surface area contributed by atoms with Gasteiger partial charge in [0.2, 0.25) is 18.9 Å². The van der Waals surface area contributed by atoms with Gasteiger partial charge in [-0.25, -0.2) is 13.2 Å². The molecule has 0 saturated carbocycles. The summed E-state index contributed by atoms with van der Waals surface area (Å²) in [6.45, 7) is 0. The fraction of sp³-hybridized carbons (Fsp3) is 1.00. The smallest absolute Gasteiger partial charge is 0.238 e. The van der Waals surface area contributed by atoms with E-state index < -0.39 is 18.9 Å². The van der Waals surface area contributed by atoms with Crippen LogP contribution in [0.1, 0.15) is 0 Å². The molecule has 1 fully saturated rings. The van der Waals surface area contributed by atoms with Crippen molar-refractivity contribution in [2.75, 3.05) is 0 Å². The van der Waals surface area contributed by atoms with Crippen molar-refractivity contribution >= 4 is 0 Å². The van der Waals surface area contributed by atoms with Crippen LogP contribution in [0.5, 0.6) is 0 Å². The van der Waals surface area contributed by atoms with Crippen LogP contribution in [0.15, 0.2) is 0 Å². The topological polar surface area (TPSA) is 9.23 Å². The van der Waals surface area contributed by atoms with Crippen molar-refractivity contribution in [2.24, 2.45) is 0 Å². The van der Waals surface area contributed by atoms with Crippen LogP contribution in [0.2, 0.25) is 0 Å². The summed E-state index contributed by atoms with van der Waals surface area (Å²) in [4.78, 5) is 0. The van der Waals surface area contributed by atoms with Crippen LogP contribution in [0, 0.1) is 0 Å². The molecule has 1 aliphatic heterocycles. The molecule has 1 nitrogen and oxygen atoms in total. The molecule has 1 aliphatic rings. The van der Waals surface area contributed by atoms with Crippen molar-refractivity contribution in [1.82, 2.24) is 0 Å². The molecule has 0 aromatic carbocycles.